The second-order valence-electron chi connectivity index (χ2n) is 7.21. The third-order valence-corrected chi connectivity index (χ3v) is 5.24. The van der Waals surface area contributed by atoms with E-state index in [4.69, 9.17) is 5.73 Å². The van der Waals surface area contributed by atoms with Crippen LogP contribution in [-0.4, -0.2) is 67.9 Å². The Labute approximate surface area is 159 Å². The van der Waals surface area contributed by atoms with E-state index < -0.39 is 6.04 Å². The summed E-state index contributed by atoms with van der Waals surface area (Å²) in [5, 5.41) is 4.48. The lowest BCUT2D eigenvalue weighted by molar-refractivity contribution is -0.134. The third-order valence-electron chi connectivity index (χ3n) is 5.24. The van der Waals surface area contributed by atoms with Gasteiger partial charge in [-0.25, -0.2) is 9.50 Å². The van der Waals surface area contributed by atoms with Crippen LogP contribution in [-0.2, 0) is 4.79 Å². The number of amides is 2. The quantitative estimate of drug-likeness (QED) is 0.866. The van der Waals surface area contributed by atoms with Crippen LogP contribution >= 0.6 is 0 Å². The van der Waals surface area contributed by atoms with Crippen LogP contribution in [0.2, 0.25) is 0 Å². The maximum Gasteiger partial charge on any atom is 0.260 e. The van der Waals surface area contributed by atoms with Crippen LogP contribution in [0.4, 0.5) is 0 Å². The van der Waals surface area contributed by atoms with E-state index in [0.717, 1.165) is 11.4 Å². The Bertz CT molecular complexity index is 886. The molecule has 0 saturated carbocycles. The molecule has 1 fully saturated rings. The van der Waals surface area contributed by atoms with E-state index in [2.05, 4.69) is 10.1 Å². The summed E-state index contributed by atoms with van der Waals surface area (Å²) >= 11 is 0. The molecule has 1 aliphatic heterocycles. The second-order valence-corrected chi connectivity index (χ2v) is 7.21. The van der Waals surface area contributed by atoms with E-state index in [1.807, 2.05) is 33.8 Å². The van der Waals surface area contributed by atoms with Crippen LogP contribution in [0.5, 0.6) is 0 Å². The zero-order chi connectivity index (χ0) is 19.9. The van der Waals surface area contributed by atoms with Crippen molar-refractivity contribution in [3.05, 3.63) is 28.7 Å². The van der Waals surface area contributed by atoms with Crippen LogP contribution in [0, 0.1) is 20.8 Å². The fourth-order valence-corrected chi connectivity index (χ4v) is 3.89. The van der Waals surface area contributed by atoms with Gasteiger partial charge in [-0.1, -0.05) is 0 Å². The van der Waals surface area contributed by atoms with E-state index in [1.165, 1.54) is 0 Å². The number of hydrogen-bond donors (Lipinski definition) is 1. The summed E-state index contributed by atoms with van der Waals surface area (Å²) < 4.78 is 1.69. The summed E-state index contributed by atoms with van der Waals surface area (Å²) in [7, 11) is 0. The molecule has 0 radical (unpaired) electrons. The van der Waals surface area contributed by atoms with Crippen molar-refractivity contribution in [2.45, 2.75) is 53.1 Å². The monoisotopic (exact) mass is 372 g/mol. The van der Waals surface area contributed by atoms with Crippen LogP contribution in [0.3, 0.4) is 0 Å². The van der Waals surface area contributed by atoms with E-state index in [0.29, 0.717) is 43.0 Å². The topological polar surface area (TPSA) is 96.8 Å². The van der Waals surface area contributed by atoms with Crippen molar-refractivity contribution in [3.63, 3.8) is 0 Å². The molecule has 1 saturated heterocycles. The molecule has 146 valence electrons. The maximum atomic E-state index is 13.4. The third kappa shape index (κ3) is 3.29. The van der Waals surface area contributed by atoms with Gasteiger partial charge in [0.05, 0.1) is 5.69 Å². The first-order valence-corrected chi connectivity index (χ1v) is 9.47. The van der Waals surface area contributed by atoms with Crippen molar-refractivity contribution in [1.29, 1.82) is 0 Å². The molecule has 1 aliphatic rings. The van der Waals surface area contributed by atoms with Crippen LogP contribution in [0.25, 0.3) is 5.65 Å². The number of aryl methyl sites for hydroxylation is 3. The van der Waals surface area contributed by atoms with E-state index in [-0.39, 0.29) is 17.9 Å². The lowest BCUT2D eigenvalue weighted by Crippen LogP contribution is -2.47. The SMILES string of the molecule is CCN(CC)C(=O)[C@@H]1C[C@@H](N)CN1C(=O)c1c(C)nn2c(C)cc(C)nc12. The largest absolute Gasteiger partial charge is 0.341 e. The summed E-state index contributed by atoms with van der Waals surface area (Å²) in [5.41, 5.74) is 9.45. The number of aromatic nitrogens is 3. The van der Waals surface area contributed by atoms with Gasteiger partial charge in [0, 0.05) is 37.1 Å². The molecule has 0 unspecified atom stereocenters. The van der Waals surface area contributed by atoms with Crippen molar-refractivity contribution in [3.8, 4) is 0 Å². The Morgan fingerprint density at radius 2 is 1.93 bits per heavy atom. The smallest absolute Gasteiger partial charge is 0.260 e. The fraction of sp³-hybridized carbons (Fsp3) is 0.579. The molecule has 3 heterocycles. The Kier molecular flexibility index (Phi) is 5.19. The predicted molar refractivity (Wildman–Crippen MR) is 103 cm³/mol. The Hall–Kier alpha value is -2.48. The standard InChI is InChI=1S/C19H28N6O2/c1-6-23(7-2)18(26)15-9-14(20)10-24(15)19(27)16-13(5)22-25-12(4)8-11(3)21-17(16)25/h8,14-15H,6-7,9-10,20H2,1-5H3/t14-,15+/m1/s1. The molecule has 2 N–H and O–H groups in total. The van der Waals surface area contributed by atoms with Crippen molar-refractivity contribution in [1.82, 2.24) is 24.4 Å². The van der Waals surface area contributed by atoms with Crippen molar-refractivity contribution in [2.24, 2.45) is 5.73 Å². The highest BCUT2D eigenvalue weighted by molar-refractivity contribution is 6.03. The van der Waals surface area contributed by atoms with Gasteiger partial charge in [-0.2, -0.15) is 5.10 Å². The summed E-state index contributed by atoms with van der Waals surface area (Å²) in [4.78, 5) is 34.3. The van der Waals surface area contributed by atoms with Crippen molar-refractivity contribution in [2.75, 3.05) is 19.6 Å². The van der Waals surface area contributed by atoms with E-state index in [1.54, 1.807) is 21.2 Å². The second kappa shape index (κ2) is 7.26. The van der Waals surface area contributed by atoms with Gasteiger partial charge in [0.1, 0.15) is 11.6 Å². The molecule has 2 atom stereocenters. The number of nitrogens with zero attached hydrogens (tertiary/aromatic N) is 5. The van der Waals surface area contributed by atoms with Gasteiger partial charge in [-0.15, -0.1) is 0 Å². The Balaban J connectivity index is 2.03. The average molecular weight is 372 g/mol. The van der Waals surface area contributed by atoms with Crippen molar-refractivity contribution >= 4 is 17.5 Å². The number of hydrogen-bond acceptors (Lipinski definition) is 5. The highest BCUT2D eigenvalue weighted by Gasteiger charge is 2.41. The van der Waals surface area contributed by atoms with Crippen LogP contribution < -0.4 is 5.73 Å². The number of likely N-dealkylation sites (N-methyl/N-ethyl adjacent to an activating group) is 1. The lowest BCUT2D eigenvalue weighted by atomic mass is 10.1. The zero-order valence-corrected chi connectivity index (χ0v) is 16.7. The minimum Gasteiger partial charge on any atom is -0.341 e. The Morgan fingerprint density at radius 1 is 1.26 bits per heavy atom. The van der Waals surface area contributed by atoms with Gasteiger partial charge in [0.15, 0.2) is 5.65 Å². The summed E-state index contributed by atoms with van der Waals surface area (Å²) in [6, 6.07) is 1.18. The molecule has 0 aromatic carbocycles. The summed E-state index contributed by atoms with van der Waals surface area (Å²) in [6.45, 7) is 11.1. The fourth-order valence-electron chi connectivity index (χ4n) is 3.89. The number of nitrogens with two attached hydrogens (primary N) is 1. The molecule has 0 aliphatic carbocycles. The zero-order valence-electron chi connectivity index (χ0n) is 16.7. The molecular formula is C19H28N6O2. The van der Waals surface area contributed by atoms with E-state index >= 15 is 0 Å². The van der Waals surface area contributed by atoms with Gasteiger partial charge in [-0.3, -0.25) is 9.59 Å². The molecule has 3 rings (SSSR count). The Morgan fingerprint density at radius 3 is 2.56 bits per heavy atom. The van der Waals surface area contributed by atoms with E-state index in [9.17, 15) is 9.59 Å². The van der Waals surface area contributed by atoms with Gasteiger partial charge >= 0.3 is 0 Å². The maximum absolute atomic E-state index is 13.4. The minimum absolute atomic E-state index is 0.0456. The molecule has 2 amide bonds. The van der Waals surface area contributed by atoms with Gasteiger partial charge in [0.25, 0.3) is 5.91 Å². The molecule has 0 bridgehead atoms. The predicted octanol–water partition coefficient (Wildman–Crippen LogP) is 1.06. The summed E-state index contributed by atoms with van der Waals surface area (Å²) in [5.74, 6) is -0.269. The first-order valence-electron chi connectivity index (χ1n) is 9.47. The minimum atomic E-state index is -0.535. The number of fused-ring (bicyclic) bond motifs is 1. The molecule has 8 nitrogen and oxygen atoms in total. The first kappa shape index (κ1) is 19.3. The molecule has 0 spiro atoms. The first-order chi connectivity index (χ1) is 12.8. The average Bonchev–Trinajstić information content (AvgIpc) is 3.15. The number of carbonyl (C=O) groups excluding carboxylic acids is 2. The molecule has 2 aromatic heterocycles. The lowest BCUT2D eigenvalue weighted by Gasteiger charge is -2.28. The van der Waals surface area contributed by atoms with Crippen LogP contribution in [0.1, 0.15) is 47.7 Å². The molecule has 8 heteroatoms. The van der Waals surface area contributed by atoms with Gasteiger partial charge in [0.2, 0.25) is 5.91 Å². The number of carbonyl (C=O) groups is 2. The normalized spacial score (nSPS) is 19.7. The van der Waals surface area contributed by atoms with Crippen molar-refractivity contribution < 1.29 is 9.59 Å². The summed E-state index contributed by atoms with van der Waals surface area (Å²) in [6.07, 6.45) is 0.477. The van der Waals surface area contributed by atoms with Crippen LogP contribution in [0.15, 0.2) is 6.07 Å². The number of likely N-dealkylation sites (tertiary alicyclic amines) is 1. The molecular weight excluding hydrogens is 344 g/mol. The van der Waals surface area contributed by atoms with Gasteiger partial charge < -0.3 is 15.5 Å². The highest BCUT2D eigenvalue weighted by atomic mass is 16.2. The molecule has 2 aromatic rings. The molecule has 27 heavy (non-hydrogen) atoms. The number of rotatable bonds is 4. The van der Waals surface area contributed by atoms with Gasteiger partial charge in [-0.05, 0) is 47.1 Å². The highest BCUT2D eigenvalue weighted by Crippen LogP contribution is 2.25.